The first kappa shape index (κ1) is 15.1. The molecule has 0 bridgehead atoms. The van der Waals surface area contributed by atoms with Gasteiger partial charge in [0.2, 0.25) is 10.0 Å². The fraction of sp³-hybridized carbons (Fsp3) is 0.538. The molecule has 0 aromatic heterocycles. The van der Waals surface area contributed by atoms with E-state index in [1.807, 2.05) is 33.8 Å². The number of aryl methyl sites for hydroxylation is 2. The van der Waals surface area contributed by atoms with Crippen LogP contribution in [-0.4, -0.2) is 26.7 Å². The minimum absolute atomic E-state index is 0.0205. The molecule has 0 saturated heterocycles. The van der Waals surface area contributed by atoms with Crippen molar-refractivity contribution in [2.45, 2.75) is 39.0 Å². The average molecular weight is 271 g/mol. The van der Waals surface area contributed by atoms with Crippen LogP contribution in [0.1, 0.15) is 28.7 Å². The Labute approximate surface area is 109 Å². The Hall–Kier alpha value is -0.910. The highest BCUT2D eigenvalue weighted by molar-refractivity contribution is 7.89. The summed E-state index contributed by atoms with van der Waals surface area (Å²) in [6, 6.07) is 2.00. The van der Waals surface area contributed by atoms with E-state index in [0.29, 0.717) is 11.3 Å². The molecule has 0 amide bonds. The van der Waals surface area contributed by atoms with Crippen LogP contribution in [0.3, 0.4) is 0 Å². The van der Waals surface area contributed by atoms with Crippen molar-refractivity contribution in [2.75, 3.05) is 13.2 Å². The number of benzene rings is 1. The van der Waals surface area contributed by atoms with Crippen molar-refractivity contribution in [1.29, 1.82) is 0 Å². The molecule has 0 spiro atoms. The summed E-state index contributed by atoms with van der Waals surface area (Å²) in [6.45, 7) is 7.70. The third-order valence-electron chi connectivity index (χ3n) is 3.19. The van der Waals surface area contributed by atoms with Crippen molar-refractivity contribution < 1.29 is 13.5 Å². The molecule has 0 atom stereocenters. The lowest BCUT2D eigenvalue weighted by molar-refractivity contribution is 0.289. The van der Waals surface area contributed by atoms with E-state index in [1.165, 1.54) is 0 Å². The van der Waals surface area contributed by atoms with Crippen LogP contribution in [-0.2, 0) is 10.0 Å². The third kappa shape index (κ3) is 3.10. The summed E-state index contributed by atoms with van der Waals surface area (Å²) in [4.78, 5) is 0.373. The van der Waals surface area contributed by atoms with E-state index >= 15 is 0 Å². The Bertz CT molecular complexity index is 509. The lowest BCUT2D eigenvalue weighted by atomic mass is 10.0. The molecule has 0 heterocycles. The van der Waals surface area contributed by atoms with Crippen LogP contribution < -0.4 is 4.72 Å². The Morgan fingerprint density at radius 1 is 1.11 bits per heavy atom. The number of rotatable bonds is 5. The van der Waals surface area contributed by atoms with Crippen LogP contribution in [0.5, 0.6) is 0 Å². The van der Waals surface area contributed by atoms with Gasteiger partial charge < -0.3 is 5.11 Å². The summed E-state index contributed by atoms with van der Waals surface area (Å²) in [5.41, 5.74) is 3.52. The summed E-state index contributed by atoms with van der Waals surface area (Å²) in [7, 11) is -3.50. The molecule has 0 radical (unpaired) electrons. The molecule has 0 aliphatic heterocycles. The number of aliphatic hydroxyl groups excluding tert-OH is 1. The molecule has 2 N–H and O–H groups in total. The van der Waals surface area contributed by atoms with Gasteiger partial charge in [0, 0.05) is 13.2 Å². The molecular weight excluding hydrogens is 250 g/mol. The van der Waals surface area contributed by atoms with Gasteiger partial charge in [0.25, 0.3) is 0 Å². The summed E-state index contributed by atoms with van der Waals surface area (Å²) in [5.74, 6) is 0. The predicted octanol–water partition coefficient (Wildman–Crippen LogP) is 1.58. The highest BCUT2D eigenvalue weighted by Crippen LogP contribution is 2.25. The minimum Gasteiger partial charge on any atom is -0.396 e. The summed E-state index contributed by atoms with van der Waals surface area (Å²) in [6.07, 6.45) is 0.419. The maximum absolute atomic E-state index is 12.3. The lowest BCUT2D eigenvalue weighted by Gasteiger charge is -2.16. The third-order valence-corrected chi connectivity index (χ3v) is 4.93. The second-order valence-electron chi connectivity index (χ2n) is 4.56. The highest BCUT2D eigenvalue weighted by atomic mass is 32.2. The zero-order valence-electron chi connectivity index (χ0n) is 11.4. The van der Waals surface area contributed by atoms with E-state index in [-0.39, 0.29) is 13.2 Å². The van der Waals surface area contributed by atoms with Crippen molar-refractivity contribution >= 4 is 10.0 Å². The fourth-order valence-electron chi connectivity index (χ4n) is 1.94. The number of sulfonamides is 1. The molecule has 0 unspecified atom stereocenters. The zero-order chi connectivity index (χ0) is 13.9. The smallest absolute Gasteiger partial charge is 0.241 e. The number of hydrogen-bond acceptors (Lipinski definition) is 3. The first-order valence-corrected chi connectivity index (χ1v) is 7.47. The van der Waals surface area contributed by atoms with Gasteiger partial charge in [-0.1, -0.05) is 6.07 Å². The van der Waals surface area contributed by atoms with E-state index in [4.69, 9.17) is 5.11 Å². The molecule has 0 saturated carbocycles. The normalized spacial score (nSPS) is 11.8. The topological polar surface area (TPSA) is 66.4 Å². The predicted molar refractivity (Wildman–Crippen MR) is 72.3 cm³/mol. The molecule has 102 valence electrons. The van der Waals surface area contributed by atoms with Crippen molar-refractivity contribution in [3.63, 3.8) is 0 Å². The SMILES string of the molecule is Cc1cc(C)c(C)c(S(=O)(=O)NCCCO)c1C. The minimum atomic E-state index is -3.50. The highest BCUT2D eigenvalue weighted by Gasteiger charge is 2.21. The maximum atomic E-state index is 12.3. The van der Waals surface area contributed by atoms with E-state index in [2.05, 4.69) is 4.72 Å². The van der Waals surface area contributed by atoms with E-state index in [9.17, 15) is 8.42 Å². The molecular formula is C13H21NO3S. The van der Waals surface area contributed by atoms with Gasteiger partial charge in [0.15, 0.2) is 0 Å². The van der Waals surface area contributed by atoms with Gasteiger partial charge in [-0.05, 0) is 56.4 Å². The maximum Gasteiger partial charge on any atom is 0.241 e. The molecule has 18 heavy (non-hydrogen) atoms. The van der Waals surface area contributed by atoms with Crippen molar-refractivity contribution in [1.82, 2.24) is 4.72 Å². The quantitative estimate of drug-likeness (QED) is 0.799. The molecule has 5 heteroatoms. The van der Waals surface area contributed by atoms with Crippen molar-refractivity contribution in [2.24, 2.45) is 0 Å². The second kappa shape index (κ2) is 5.82. The van der Waals surface area contributed by atoms with Gasteiger partial charge in [-0.25, -0.2) is 13.1 Å². The van der Waals surface area contributed by atoms with Crippen LogP contribution in [0.25, 0.3) is 0 Å². The van der Waals surface area contributed by atoms with Gasteiger partial charge in [0.1, 0.15) is 0 Å². The van der Waals surface area contributed by atoms with Crippen molar-refractivity contribution in [3.8, 4) is 0 Å². The summed E-state index contributed by atoms with van der Waals surface area (Å²) in [5, 5.41) is 8.70. The molecule has 0 aliphatic rings. The molecule has 0 fully saturated rings. The van der Waals surface area contributed by atoms with Gasteiger partial charge in [-0.2, -0.15) is 0 Å². The standard InChI is InChI=1S/C13H21NO3S/c1-9-8-10(2)12(4)13(11(9)3)18(16,17)14-6-5-7-15/h8,14-15H,5-7H2,1-4H3. The van der Waals surface area contributed by atoms with Gasteiger partial charge in [0.05, 0.1) is 4.90 Å². The van der Waals surface area contributed by atoms with Gasteiger partial charge in [-0.15, -0.1) is 0 Å². The van der Waals surface area contributed by atoms with Crippen LogP contribution in [0.15, 0.2) is 11.0 Å². The molecule has 1 rings (SSSR count). The Balaban J connectivity index is 3.24. The summed E-state index contributed by atoms with van der Waals surface area (Å²) < 4.78 is 27.0. The van der Waals surface area contributed by atoms with Gasteiger partial charge in [-0.3, -0.25) is 0 Å². The largest absolute Gasteiger partial charge is 0.396 e. The van der Waals surface area contributed by atoms with Crippen LogP contribution in [0.2, 0.25) is 0 Å². The molecule has 1 aromatic carbocycles. The zero-order valence-corrected chi connectivity index (χ0v) is 12.2. The van der Waals surface area contributed by atoms with Crippen LogP contribution in [0.4, 0.5) is 0 Å². The van der Waals surface area contributed by atoms with Crippen molar-refractivity contribution in [3.05, 3.63) is 28.3 Å². The lowest BCUT2D eigenvalue weighted by Crippen LogP contribution is -2.27. The van der Waals surface area contributed by atoms with E-state index in [0.717, 1.165) is 22.3 Å². The monoisotopic (exact) mass is 271 g/mol. The Kier molecular flexibility index (Phi) is 4.90. The number of nitrogens with one attached hydrogen (secondary N) is 1. The first-order chi connectivity index (χ1) is 8.31. The number of hydrogen-bond donors (Lipinski definition) is 2. The fourth-order valence-corrected chi connectivity index (χ4v) is 3.63. The van der Waals surface area contributed by atoms with E-state index < -0.39 is 10.0 Å². The Morgan fingerprint density at radius 3 is 2.06 bits per heavy atom. The van der Waals surface area contributed by atoms with Gasteiger partial charge >= 0.3 is 0 Å². The second-order valence-corrected chi connectivity index (χ2v) is 6.27. The molecule has 0 aliphatic carbocycles. The average Bonchev–Trinajstić information content (AvgIpc) is 2.26. The number of aliphatic hydroxyl groups is 1. The Morgan fingerprint density at radius 2 is 1.61 bits per heavy atom. The molecule has 4 nitrogen and oxygen atoms in total. The molecule has 1 aromatic rings. The summed E-state index contributed by atoms with van der Waals surface area (Å²) >= 11 is 0. The first-order valence-electron chi connectivity index (χ1n) is 5.99. The van der Waals surface area contributed by atoms with Crippen LogP contribution in [0, 0.1) is 27.7 Å². The van der Waals surface area contributed by atoms with Crippen LogP contribution >= 0.6 is 0 Å². The van der Waals surface area contributed by atoms with E-state index in [1.54, 1.807) is 0 Å².